The first-order valence-corrected chi connectivity index (χ1v) is 9.40. The highest BCUT2D eigenvalue weighted by Gasteiger charge is 2.24. The molecule has 0 saturated carbocycles. The molecular formula is C16H23N3O5S. The number of carboxylic acids is 1. The predicted octanol–water partition coefficient (Wildman–Crippen LogP) is 1.76. The summed E-state index contributed by atoms with van der Waals surface area (Å²) in [4.78, 5) is 36.5. The molecule has 0 aromatic carbocycles. The molecule has 2 N–H and O–H groups in total. The van der Waals surface area contributed by atoms with Crippen molar-refractivity contribution in [3.05, 3.63) is 11.8 Å². The lowest BCUT2D eigenvalue weighted by atomic mass is 9.93. The summed E-state index contributed by atoms with van der Waals surface area (Å²) >= 11 is 1.25. The molecule has 2 amide bonds. The van der Waals surface area contributed by atoms with Crippen LogP contribution in [0.25, 0.3) is 0 Å². The van der Waals surface area contributed by atoms with Gasteiger partial charge in [-0.15, -0.1) is 11.8 Å². The van der Waals surface area contributed by atoms with Gasteiger partial charge in [0.2, 0.25) is 11.8 Å². The number of amides is 2. The number of likely N-dealkylation sites (tertiary alicyclic amines) is 1. The van der Waals surface area contributed by atoms with Crippen molar-refractivity contribution in [1.82, 2.24) is 10.1 Å². The van der Waals surface area contributed by atoms with E-state index in [2.05, 4.69) is 10.5 Å². The van der Waals surface area contributed by atoms with Crippen LogP contribution in [0.4, 0.5) is 5.82 Å². The molecule has 9 heteroatoms. The van der Waals surface area contributed by atoms with Gasteiger partial charge in [-0.3, -0.25) is 14.4 Å². The predicted molar refractivity (Wildman–Crippen MR) is 93.4 cm³/mol. The molecule has 1 atom stereocenters. The van der Waals surface area contributed by atoms with Gasteiger partial charge in [-0.2, -0.15) is 0 Å². The number of thioether (sulfide) groups is 1. The van der Waals surface area contributed by atoms with Gasteiger partial charge in [0.05, 0.1) is 11.5 Å². The van der Waals surface area contributed by atoms with Crippen LogP contribution in [0.3, 0.4) is 0 Å². The van der Waals surface area contributed by atoms with Crippen LogP contribution in [0.5, 0.6) is 0 Å². The lowest BCUT2D eigenvalue weighted by molar-refractivity contribution is -0.137. The summed E-state index contributed by atoms with van der Waals surface area (Å²) in [6.07, 6.45) is 2.60. The number of carbonyl (C=O) groups excluding carboxylic acids is 2. The van der Waals surface area contributed by atoms with E-state index in [1.54, 1.807) is 17.9 Å². The number of hydrogen-bond donors (Lipinski definition) is 2. The van der Waals surface area contributed by atoms with Gasteiger partial charge in [-0.25, -0.2) is 0 Å². The molecule has 1 aromatic rings. The van der Waals surface area contributed by atoms with E-state index < -0.39 is 5.97 Å². The monoisotopic (exact) mass is 369 g/mol. The Hall–Kier alpha value is -2.03. The molecular weight excluding hydrogens is 346 g/mol. The fourth-order valence-electron chi connectivity index (χ4n) is 2.78. The first-order valence-electron chi connectivity index (χ1n) is 8.24. The molecule has 1 aliphatic heterocycles. The zero-order valence-corrected chi connectivity index (χ0v) is 15.0. The fraction of sp³-hybridized carbons (Fsp3) is 0.625. The Morgan fingerprint density at radius 2 is 2.24 bits per heavy atom. The maximum Gasteiger partial charge on any atom is 0.303 e. The number of aryl methyl sites for hydroxylation is 1. The second-order valence-electron chi connectivity index (χ2n) is 6.14. The van der Waals surface area contributed by atoms with Crippen LogP contribution in [0, 0.1) is 12.8 Å². The van der Waals surface area contributed by atoms with Crippen LogP contribution in [-0.4, -0.2) is 57.5 Å². The Balaban J connectivity index is 1.67. The molecule has 0 radical (unpaired) electrons. The van der Waals surface area contributed by atoms with Crippen molar-refractivity contribution < 1.29 is 24.0 Å². The number of carboxylic acid groups (broad SMARTS) is 1. The van der Waals surface area contributed by atoms with Crippen LogP contribution < -0.4 is 5.32 Å². The Morgan fingerprint density at radius 1 is 1.44 bits per heavy atom. The molecule has 1 fully saturated rings. The van der Waals surface area contributed by atoms with Crippen LogP contribution in [0.2, 0.25) is 0 Å². The van der Waals surface area contributed by atoms with E-state index in [0.29, 0.717) is 31.1 Å². The van der Waals surface area contributed by atoms with E-state index in [1.807, 2.05) is 0 Å². The van der Waals surface area contributed by atoms with Gasteiger partial charge in [0.1, 0.15) is 5.76 Å². The summed E-state index contributed by atoms with van der Waals surface area (Å²) in [5.41, 5.74) is 0. The Labute approximate surface area is 150 Å². The second kappa shape index (κ2) is 9.45. The Morgan fingerprint density at radius 3 is 2.92 bits per heavy atom. The molecule has 1 unspecified atom stereocenters. The first kappa shape index (κ1) is 19.3. The topological polar surface area (TPSA) is 113 Å². The molecule has 0 bridgehead atoms. The number of piperidine rings is 1. The quantitative estimate of drug-likeness (QED) is 0.718. The van der Waals surface area contributed by atoms with Crippen LogP contribution >= 0.6 is 11.8 Å². The highest BCUT2D eigenvalue weighted by Crippen LogP contribution is 2.21. The lowest BCUT2D eigenvalue weighted by Crippen LogP contribution is -2.41. The number of anilines is 1. The van der Waals surface area contributed by atoms with Crippen molar-refractivity contribution in [3.63, 3.8) is 0 Å². The fourth-order valence-corrected chi connectivity index (χ4v) is 3.50. The summed E-state index contributed by atoms with van der Waals surface area (Å²) in [7, 11) is 0. The largest absolute Gasteiger partial charge is 0.481 e. The van der Waals surface area contributed by atoms with E-state index in [4.69, 9.17) is 9.63 Å². The van der Waals surface area contributed by atoms with Crippen molar-refractivity contribution in [2.75, 3.05) is 29.9 Å². The van der Waals surface area contributed by atoms with Crippen molar-refractivity contribution in [1.29, 1.82) is 0 Å². The maximum atomic E-state index is 12.3. The molecule has 1 saturated heterocycles. The number of aromatic nitrogens is 1. The van der Waals surface area contributed by atoms with E-state index in [-0.39, 0.29) is 35.7 Å². The second-order valence-corrected chi connectivity index (χ2v) is 7.13. The van der Waals surface area contributed by atoms with Gasteiger partial charge in [-0.1, -0.05) is 5.16 Å². The lowest BCUT2D eigenvalue weighted by Gasteiger charge is -2.32. The molecule has 1 aliphatic rings. The minimum Gasteiger partial charge on any atom is -0.481 e. The molecule has 2 heterocycles. The Bertz CT molecular complexity index is 619. The molecule has 0 aliphatic carbocycles. The molecule has 8 nitrogen and oxygen atoms in total. The van der Waals surface area contributed by atoms with Crippen molar-refractivity contribution in [2.24, 2.45) is 5.92 Å². The SMILES string of the molecule is Cc1cc(NC(=O)CSCC(=O)N2CCCC(CCC(=O)O)C2)no1. The molecule has 2 rings (SSSR count). The molecule has 138 valence electrons. The van der Waals surface area contributed by atoms with E-state index in [9.17, 15) is 14.4 Å². The highest BCUT2D eigenvalue weighted by molar-refractivity contribution is 8.00. The van der Waals surface area contributed by atoms with Crippen molar-refractivity contribution in [2.45, 2.75) is 32.6 Å². The third-order valence-corrected chi connectivity index (χ3v) is 4.91. The smallest absolute Gasteiger partial charge is 0.303 e. The number of carbonyl (C=O) groups is 3. The molecule has 25 heavy (non-hydrogen) atoms. The van der Waals surface area contributed by atoms with Crippen LogP contribution in [0.1, 0.15) is 31.4 Å². The third-order valence-electron chi connectivity index (χ3n) is 3.99. The van der Waals surface area contributed by atoms with Gasteiger partial charge in [0, 0.05) is 25.6 Å². The third kappa shape index (κ3) is 6.77. The minimum atomic E-state index is -0.799. The molecule has 1 aromatic heterocycles. The van der Waals surface area contributed by atoms with Gasteiger partial charge in [-0.05, 0) is 32.1 Å². The summed E-state index contributed by atoms with van der Waals surface area (Å²) in [6.45, 7) is 3.04. The van der Waals surface area contributed by atoms with Gasteiger partial charge >= 0.3 is 5.97 Å². The highest BCUT2D eigenvalue weighted by atomic mass is 32.2. The van der Waals surface area contributed by atoms with Gasteiger partial charge < -0.3 is 19.8 Å². The van der Waals surface area contributed by atoms with Crippen LogP contribution in [0.15, 0.2) is 10.6 Å². The minimum absolute atomic E-state index is 0.00453. The first-order chi connectivity index (χ1) is 11.9. The van der Waals surface area contributed by atoms with E-state index >= 15 is 0 Å². The van der Waals surface area contributed by atoms with Crippen molar-refractivity contribution in [3.8, 4) is 0 Å². The Kier molecular flexibility index (Phi) is 7.30. The van der Waals surface area contributed by atoms with E-state index in [1.165, 1.54) is 11.8 Å². The number of nitrogens with zero attached hydrogens (tertiary/aromatic N) is 2. The zero-order valence-electron chi connectivity index (χ0n) is 14.2. The average molecular weight is 369 g/mol. The number of hydrogen-bond acceptors (Lipinski definition) is 6. The van der Waals surface area contributed by atoms with Crippen molar-refractivity contribution >= 4 is 35.4 Å². The zero-order chi connectivity index (χ0) is 18.2. The summed E-state index contributed by atoms with van der Waals surface area (Å²) in [5.74, 6) is 0.585. The van der Waals surface area contributed by atoms with Gasteiger partial charge in [0.15, 0.2) is 5.82 Å². The number of nitrogens with one attached hydrogen (secondary N) is 1. The number of rotatable bonds is 8. The normalized spacial score (nSPS) is 17.3. The van der Waals surface area contributed by atoms with Gasteiger partial charge in [0.25, 0.3) is 0 Å². The summed E-state index contributed by atoms with van der Waals surface area (Å²) < 4.78 is 4.86. The summed E-state index contributed by atoms with van der Waals surface area (Å²) in [5, 5.41) is 15.0. The van der Waals surface area contributed by atoms with Crippen LogP contribution in [-0.2, 0) is 14.4 Å². The average Bonchev–Trinajstić information content (AvgIpc) is 2.98. The summed E-state index contributed by atoms with van der Waals surface area (Å²) in [6, 6.07) is 1.62. The maximum absolute atomic E-state index is 12.3. The van der Waals surface area contributed by atoms with E-state index in [0.717, 1.165) is 12.8 Å². The number of aliphatic carboxylic acids is 1. The molecule has 0 spiro atoms. The standard InChI is InChI=1S/C16H23N3O5S/c1-11-7-13(18-24-11)17-14(20)9-25-10-15(21)19-6-2-3-12(8-19)4-5-16(22)23/h7,12H,2-6,8-10H2,1H3,(H,22,23)(H,17,18,20).